The summed E-state index contributed by atoms with van der Waals surface area (Å²) in [5, 5.41) is 22.5. The van der Waals surface area contributed by atoms with Crippen LogP contribution >= 0.6 is 11.8 Å². The summed E-state index contributed by atoms with van der Waals surface area (Å²) in [6.07, 6.45) is 9.40. The number of carbonyl (C=O) groups is 1. The quantitative estimate of drug-likeness (QED) is 0.243. The molecule has 2 aromatic heterocycles. The molecule has 3 atom stereocenters. The molecular weight excluding hydrogens is 488 g/mol. The lowest BCUT2D eigenvalue weighted by Crippen LogP contribution is -2.41. The average molecular weight is 527 g/mol. The number of hydrogen-bond donors (Lipinski definition) is 2. The van der Waals surface area contributed by atoms with Gasteiger partial charge in [0.15, 0.2) is 0 Å². The van der Waals surface area contributed by atoms with E-state index in [1.165, 1.54) is 5.03 Å². The van der Waals surface area contributed by atoms with Gasteiger partial charge in [0.1, 0.15) is 5.75 Å². The molecule has 37 heavy (non-hydrogen) atoms. The number of carboxylic acids is 1. The Morgan fingerprint density at radius 2 is 2.14 bits per heavy atom. The number of methoxy groups -OCH3 is 1. The summed E-state index contributed by atoms with van der Waals surface area (Å²) in [4.78, 5) is 22.4. The van der Waals surface area contributed by atoms with Gasteiger partial charge < -0.3 is 24.4 Å². The van der Waals surface area contributed by atoms with Gasteiger partial charge in [-0.05, 0) is 86.9 Å². The van der Waals surface area contributed by atoms with Gasteiger partial charge in [-0.25, -0.2) is 4.98 Å². The van der Waals surface area contributed by atoms with Crippen LogP contribution in [0.3, 0.4) is 0 Å². The number of carboxylic acid groups (broad SMARTS) is 1. The molecule has 9 heteroatoms. The minimum atomic E-state index is -0.735. The fraction of sp³-hybridized carbons (Fsp3) is 0.536. The van der Waals surface area contributed by atoms with Crippen molar-refractivity contribution in [1.82, 2.24) is 19.4 Å². The summed E-state index contributed by atoms with van der Waals surface area (Å²) >= 11 is 1.83. The molecule has 0 aliphatic carbocycles. The third kappa shape index (κ3) is 7.46. The molecule has 1 saturated heterocycles. The molecule has 0 radical (unpaired) electrons. The van der Waals surface area contributed by atoms with E-state index in [1.807, 2.05) is 60.2 Å². The zero-order valence-electron chi connectivity index (χ0n) is 21.8. The second kappa shape index (κ2) is 13.3. The number of pyridine rings is 1. The number of piperidine rings is 1. The Morgan fingerprint density at radius 3 is 2.89 bits per heavy atom. The monoisotopic (exact) mass is 526 g/mol. The molecule has 4 rings (SSSR count). The molecule has 0 unspecified atom stereocenters. The number of likely N-dealkylation sites (tertiary alicyclic amines) is 1. The molecule has 1 aromatic carbocycles. The molecule has 3 aromatic rings. The number of aliphatic hydroxyl groups excluding tert-OH is 1. The Kier molecular flexibility index (Phi) is 9.82. The number of aromatic nitrogens is 3. The molecule has 3 heterocycles. The number of aryl methyl sites for hydroxylation is 1. The number of nitrogens with zero attached hydrogens (tertiary/aromatic N) is 4. The number of aliphatic carboxylic acids is 1. The highest BCUT2D eigenvalue weighted by molar-refractivity contribution is 7.99. The zero-order valence-corrected chi connectivity index (χ0v) is 22.6. The third-order valence-corrected chi connectivity index (χ3v) is 8.68. The molecular formula is C28H38N4O4S. The predicted molar refractivity (Wildman–Crippen MR) is 146 cm³/mol. The number of ether oxygens (including phenoxy) is 1. The summed E-state index contributed by atoms with van der Waals surface area (Å²) < 4.78 is 7.41. The summed E-state index contributed by atoms with van der Waals surface area (Å²) in [6, 6.07) is 7.61. The Labute approximate surface area is 223 Å². The predicted octanol–water partition coefficient (Wildman–Crippen LogP) is 4.78. The normalized spacial score (nSPS) is 19.2. The van der Waals surface area contributed by atoms with Gasteiger partial charge >= 0.3 is 5.97 Å². The summed E-state index contributed by atoms with van der Waals surface area (Å²) in [7, 11) is 3.65. The number of fused-ring (bicyclic) bond motifs is 1. The van der Waals surface area contributed by atoms with Crippen molar-refractivity contribution in [2.24, 2.45) is 18.9 Å². The highest BCUT2D eigenvalue weighted by atomic mass is 32.2. The van der Waals surface area contributed by atoms with Gasteiger partial charge in [0.25, 0.3) is 0 Å². The van der Waals surface area contributed by atoms with Crippen LogP contribution < -0.4 is 4.74 Å². The second-order valence-corrected chi connectivity index (χ2v) is 11.1. The largest absolute Gasteiger partial charge is 0.497 e. The second-order valence-electron chi connectivity index (χ2n) is 9.96. The van der Waals surface area contributed by atoms with E-state index in [9.17, 15) is 15.0 Å². The van der Waals surface area contributed by atoms with Gasteiger partial charge in [0.2, 0.25) is 0 Å². The molecule has 1 aliphatic rings. The number of benzene rings is 1. The lowest BCUT2D eigenvalue weighted by Gasteiger charge is -2.39. The minimum absolute atomic E-state index is 0.197. The van der Waals surface area contributed by atoms with E-state index in [2.05, 4.69) is 14.9 Å². The molecule has 0 saturated carbocycles. The Hall–Kier alpha value is -2.62. The number of imidazole rings is 1. The van der Waals surface area contributed by atoms with Crippen molar-refractivity contribution in [3.63, 3.8) is 0 Å². The van der Waals surface area contributed by atoms with Crippen molar-refractivity contribution in [2.45, 2.75) is 49.7 Å². The van der Waals surface area contributed by atoms with Crippen LogP contribution in [0, 0.1) is 11.8 Å². The van der Waals surface area contributed by atoms with Crippen molar-refractivity contribution in [3.8, 4) is 5.75 Å². The van der Waals surface area contributed by atoms with Crippen molar-refractivity contribution in [1.29, 1.82) is 0 Å². The van der Waals surface area contributed by atoms with Gasteiger partial charge in [-0.15, -0.1) is 11.8 Å². The fourth-order valence-corrected chi connectivity index (χ4v) is 6.28. The van der Waals surface area contributed by atoms with E-state index in [1.54, 1.807) is 13.3 Å². The standard InChI is InChI=1S/C28H38N4O4S/c1-31-19-29-17-27(31)37-15-3-13-32-14-11-20(21(18-32)5-9-28(34)35)4-8-26(33)23-10-12-30-25-7-6-22(36-2)16-24(23)25/h6-7,10,12,16-17,19-21,26,33H,3-5,8-9,11,13-15,18H2,1-2H3,(H,34,35)/t20-,21-,26-/m1/s1. The summed E-state index contributed by atoms with van der Waals surface area (Å²) in [5.41, 5.74) is 1.71. The maximum Gasteiger partial charge on any atom is 0.303 e. The first kappa shape index (κ1) is 27.4. The molecule has 2 N–H and O–H groups in total. The number of rotatable bonds is 13. The molecule has 200 valence electrons. The van der Waals surface area contributed by atoms with Crippen LogP contribution in [-0.2, 0) is 11.8 Å². The number of aliphatic hydroxyl groups is 1. The van der Waals surface area contributed by atoms with Crippen LogP contribution in [0.25, 0.3) is 10.9 Å². The van der Waals surface area contributed by atoms with Crippen molar-refractivity contribution in [3.05, 3.63) is 48.5 Å². The number of hydrogen-bond acceptors (Lipinski definition) is 7. The van der Waals surface area contributed by atoms with Crippen LogP contribution in [0.5, 0.6) is 5.75 Å². The van der Waals surface area contributed by atoms with Gasteiger partial charge in [0.05, 0.1) is 36.3 Å². The van der Waals surface area contributed by atoms with Crippen LogP contribution in [0.4, 0.5) is 0 Å². The van der Waals surface area contributed by atoms with E-state index in [-0.39, 0.29) is 6.42 Å². The molecule has 0 amide bonds. The highest BCUT2D eigenvalue weighted by Crippen LogP contribution is 2.35. The first-order valence-electron chi connectivity index (χ1n) is 13.1. The SMILES string of the molecule is COc1ccc2nccc([C@H](O)CC[C@@H]3CCN(CCCSc4cncn4C)C[C@H]3CCC(=O)O)c2c1. The first-order chi connectivity index (χ1) is 17.9. The van der Waals surface area contributed by atoms with Gasteiger partial charge in [-0.2, -0.15) is 0 Å². The van der Waals surface area contributed by atoms with E-state index in [0.717, 1.165) is 66.9 Å². The molecule has 0 spiro atoms. The van der Waals surface area contributed by atoms with Crippen LogP contribution in [0.15, 0.2) is 48.0 Å². The molecule has 0 bridgehead atoms. The highest BCUT2D eigenvalue weighted by Gasteiger charge is 2.30. The Bertz CT molecular complexity index is 1170. The van der Waals surface area contributed by atoms with Gasteiger partial charge in [-0.3, -0.25) is 9.78 Å². The summed E-state index contributed by atoms with van der Waals surface area (Å²) in [6.45, 7) is 2.98. The average Bonchev–Trinajstić information content (AvgIpc) is 3.32. The first-order valence-corrected chi connectivity index (χ1v) is 14.1. The smallest absolute Gasteiger partial charge is 0.303 e. The van der Waals surface area contributed by atoms with E-state index in [4.69, 9.17) is 4.74 Å². The Balaban J connectivity index is 1.32. The molecule has 1 aliphatic heterocycles. The lowest BCUT2D eigenvalue weighted by atomic mass is 9.79. The van der Waals surface area contributed by atoms with Crippen LogP contribution in [-0.4, -0.2) is 68.1 Å². The Morgan fingerprint density at radius 1 is 1.27 bits per heavy atom. The van der Waals surface area contributed by atoms with Crippen molar-refractivity contribution < 1.29 is 19.7 Å². The maximum absolute atomic E-state index is 11.3. The van der Waals surface area contributed by atoms with Crippen molar-refractivity contribution >= 4 is 28.6 Å². The minimum Gasteiger partial charge on any atom is -0.497 e. The van der Waals surface area contributed by atoms with E-state index >= 15 is 0 Å². The summed E-state index contributed by atoms with van der Waals surface area (Å²) in [5.74, 6) is 1.79. The zero-order chi connectivity index (χ0) is 26.2. The third-order valence-electron chi connectivity index (χ3n) is 7.50. The molecule has 1 fully saturated rings. The topological polar surface area (TPSA) is 101 Å². The fourth-order valence-electron chi connectivity index (χ4n) is 5.42. The van der Waals surface area contributed by atoms with E-state index < -0.39 is 12.1 Å². The maximum atomic E-state index is 11.3. The van der Waals surface area contributed by atoms with Gasteiger partial charge in [-0.1, -0.05) is 0 Å². The number of thioether (sulfide) groups is 1. The van der Waals surface area contributed by atoms with Crippen LogP contribution in [0.2, 0.25) is 0 Å². The van der Waals surface area contributed by atoms with E-state index in [0.29, 0.717) is 24.7 Å². The van der Waals surface area contributed by atoms with Crippen LogP contribution in [0.1, 0.15) is 50.2 Å². The van der Waals surface area contributed by atoms with Gasteiger partial charge in [0, 0.05) is 37.3 Å². The molecule has 8 nitrogen and oxygen atoms in total. The van der Waals surface area contributed by atoms with Crippen molar-refractivity contribution in [2.75, 3.05) is 32.5 Å². The lowest BCUT2D eigenvalue weighted by molar-refractivity contribution is -0.137.